The van der Waals surface area contributed by atoms with Crippen LogP contribution >= 0.6 is 0 Å². The Balaban J connectivity index is 2.35. The zero-order chi connectivity index (χ0) is 12.0. The molecule has 0 bridgehead atoms. The number of aromatic nitrogens is 1. The van der Waals surface area contributed by atoms with Crippen LogP contribution in [0.1, 0.15) is 37.2 Å². The molecule has 4 heteroatoms. The lowest BCUT2D eigenvalue weighted by Gasteiger charge is -2.06. The second-order valence-electron chi connectivity index (χ2n) is 4.24. The number of nitrogen functional groups attached to an aromatic ring is 1. The predicted molar refractivity (Wildman–Crippen MR) is 65.1 cm³/mol. The van der Waals surface area contributed by atoms with Gasteiger partial charge in [-0.15, -0.1) is 0 Å². The summed E-state index contributed by atoms with van der Waals surface area (Å²) in [5, 5.41) is 2.82. The molecule has 1 rings (SSSR count). The van der Waals surface area contributed by atoms with Crippen LogP contribution < -0.4 is 11.1 Å². The van der Waals surface area contributed by atoms with Gasteiger partial charge in [-0.1, -0.05) is 19.9 Å². The maximum Gasteiger partial charge on any atom is 0.269 e. The third kappa shape index (κ3) is 4.29. The fourth-order valence-corrected chi connectivity index (χ4v) is 1.38. The molecule has 1 heterocycles. The first-order chi connectivity index (χ1) is 7.59. The molecule has 16 heavy (non-hydrogen) atoms. The highest BCUT2D eigenvalue weighted by atomic mass is 16.1. The van der Waals surface area contributed by atoms with Gasteiger partial charge in [-0.2, -0.15) is 0 Å². The van der Waals surface area contributed by atoms with Gasteiger partial charge in [0.2, 0.25) is 0 Å². The highest BCUT2D eigenvalue weighted by molar-refractivity contribution is 5.92. The molecule has 0 atom stereocenters. The van der Waals surface area contributed by atoms with Gasteiger partial charge in [-0.25, -0.2) is 4.98 Å². The van der Waals surface area contributed by atoms with E-state index < -0.39 is 0 Å². The smallest absolute Gasteiger partial charge is 0.269 e. The topological polar surface area (TPSA) is 68.0 Å². The van der Waals surface area contributed by atoms with Crippen LogP contribution in [-0.2, 0) is 0 Å². The number of amides is 1. The minimum atomic E-state index is -0.156. The van der Waals surface area contributed by atoms with E-state index in [4.69, 9.17) is 5.73 Å². The van der Waals surface area contributed by atoms with Crippen molar-refractivity contribution in [2.45, 2.75) is 26.7 Å². The number of nitrogens with two attached hydrogens (primary N) is 1. The summed E-state index contributed by atoms with van der Waals surface area (Å²) in [6, 6.07) is 5.05. The Morgan fingerprint density at radius 3 is 2.88 bits per heavy atom. The average molecular weight is 221 g/mol. The van der Waals surface area contributed by atoms with E-state index in [-0.39, 0.29) is 5.91 Å². The molecule has 88 valence electrons. The Labute approximate surface area is 96.3 Å². The van der Waals surface area contributed by atoms with E-state index in [0.29, 0.717) is 24.0 Å². The Hall–Kier alpha value is -1.58. The first-order valence-electron chi connectivity index (χ1n) is 5.60. The van der Waals surface area contributed by atoms with Crippen molar-refractivity contribution in [3.8, 4) is 0 Å². The number of nitrogens with one attached hydrogen (secondary N) is 1. The first-order valence-corrected chi connectivity index (χ1v) is 5.60. The molecule has 0 aliphatic carbocycles. The molecular weight excluding hydrogens is 202 g/mol. The lowest BCUT2D eigenvalue weighted by Crippen LogP contribution is -2.25. The highest BCUT2D eigenvalue weighted by Gasteiger charge is 2.06. The van der Waals surface area contributed by atoms with Crippen LogP contribution in [0.2, 0.25) is 0 Å². The zero-order valence-electron chi connectivity index (χ0n) is 9.86. The van der Waals surface area contributed by atoms with Gasteiger partial charge in [0.25, 0.3) is 5.91 Å². The third-order valence-corrected chi connectivity index (χ3v) is 2.25. The van der Waals surface area contributed by atoms with Crippen LogP contribution in [0.5, 0.6) is 0 Å². The number of carbonyl (C=O) groups is 1. The minimum absolute atomic E-state index is 0.156. The molecule has 0 saturated heterocycles. The molecule has 0 unspecified atom stereocenters. The van der Waals surface area contributed by atoms with Crippen molar-refractivity contribution >= 4 is 11.7 Å². The first kappa shape index (κ1) is 12.5. The van der Waals surface area contributed by atoms with Crippen LogP contribution in [0.4, 0.5) is 5.82 Å². The second kappa shape index (κ2) is 6.10. The second-order valence-corrected chi connectivity index (χ2v) is 4.24. The summed E-state index contributed by atoms with van der Waals surface area (Å²) in [6.45, 7) is 5.02. The Kier molecular flexibility index (Phi) is 4.76. The number of carbonyl (C=O) groups excluding carboxylic acids is 1. The molecule has 0 aliphatic heterocycles. The molecule has 1 aromatic rings. The van der Waals surface area contributed by atoms with Crippen molar-refractivity contribution < 1.29 is 4.79 Å². The number of nitrogens with zero attached hydrogens (tertiary/aromatic N) is 1. The lowest BCUT2D eigenvalue weighted by molar-refractivity contribution is 0.0947. The van der Waals surface area contributed by atoms with Crippen LogP contribution in [0, 0.1) is 5.92 Å². The summed E-state index contributed by atoms with van der Waals surface area (Å²) in [4.78, 5) is 15.6. The van der Waals surface area contributed by atoms with Gasteiger partial charge >= 0.3 is 0 Å². The normalized spacial score (nSPS) is 10.4. The van der Waals surface area contributed by atoms with Gasteiger partial charge in [0, 0.05) is 6.54 Å². The highest BCUT2D eigenvalue weighted by Crippen LogP contribution is 2.03. The SMILES string of the molecule is CC(C)CCCNC(=O)c1cccc(N)n1. The summed E-state index contributed by atoms with van der Waals surface area (Å²) in [6.07, 6.45) is 2.11. The van der Waals surface area contributed by atoms with Gasteiger partial charge < -0.3 is 11.1 Å². The Morgan fingerprint density at radius 1 is 1.50 bits per heavy atom. The van der Waals surface area contributed by atoms with Gasteiger partial charge in [-0.3, -0.25) is 4.79 Å². The van der Waals surface area contributed by atoms with E-state index in [1.54, 1.807) is 18.2 Å². The molecule has 1 amide bonds. The maximum absolute atomic E-state index is 11.6. The average Bonchev–Trinajstić information content (AvgIpc) is 2.24. The molecule has 4 nitrogen and oxygen atoms in total. The van der Waals surface area contributed by atoms with Gasteiger partial charge in [0.15, 0.2) is 0 Å². The molecule has 0 spiro atoms. The lowest BCUT2D eigenvalue weighted by atomic mass is 10.1. The van der Waals surface area contributed by atoms with Crippen LogP contribution in [0.25, 0.3) is 0 Å². The summed E-state index contributed by atoms with van der Waals surface area (Å²) in [5.41, 5.74) is 5.88. The van der Waals surface area contributed by atoms with E-state index in [2.05, 4.69) is 24.1 Å². The number of anilines is 1. The number of rotatable bonds is 5. The fraction of sp³-hybridized carbons (Fsp3) is 0.500. The molecule has 0 radical (unpaired) electrons. The molecule has 3 N–H and O–H groups in total. The van der Waals surface area contributed by atoms with E-state index >= 15 is 0 Å². The van der Waals surface area contributed by atoms with Gasteiger partial charge in [-0.05, 0) is 30.9 Å². The van der Waals surface area contributed by atoms with Crippen molar-refractivity contribution in [1.82, 2.24) is 10.3 Å². The molecule has 0 aliphatic rings. The summed E-state index contributed by atoms with van der Waals surface area (Å²) >= 11 is 0. The summed E-state index contributed by atoms with van der Waals surface area (Å²) in [5.74, 6) is 0.883. The van der Waals surface area contributed by atoms with Crippen molar-refractivity contribution in [2.75, 3.05) is 12.3 Å². The van der Waals surface area contributed by atoms with Crippen molar-refractivity contribution in [3.05, 3.63) is 23.9 Å². The monoisotopic (exact) mass is 221 g/mol. The van der Waals surface area contributed by atoms with Crippen molar-refractivity contribution in [3.63, 3.8) is 0 Å². The van der Waals surface area contributed by atoms with Crippen LogP contribution in [0.3, 0.4) is 0 Å². The summed E-state index contributed by atoms with van der Waals surface area (Å²) in [7, 11) is 0. The van der Waals surface area contributed by atoms with Crippen molar-refractivity contribution in [2.24, 2.45) is 5.92 Å². The largest absolute Gasteiger partial charge is 0.384 e. The third-order valence-electron chi connectivity index (χ3n) is 2.25. The molecule has 0 saturated carbocycles. The number of pyridine rings is 1. The molecule has 0 fully saturated rings. The van der Waals surface area contributed by atoms with E-state index in [1.807, 2.05) is 0 Å². The molecular formula is C12H19N3O. The fourth-order valence-electron chi connectivity index (χ4n) is 1.38. The Morgan fingerprint density at radius 2 is 2.25 bits per heavy atom. The Bertz CT molecular complexity index is 350. The zero-order valence-corrected chi connectivity index (χ0v) is 9.86. The molecule has 1 aromatic heterocycles. The minimum Gasteiger partial charge on any atom is -0.384 e. The van der Waals surface area contributed by atoms with Gasteiger partial charge in [0.1, 0.15) is 11.5 Å². The number of hydrogen-bond donors (Lipinski definition) is 2. The maximum atomic E-state index is 11.6. The quantitative estimate of drug-likeness (QED) is 0.745. The summed E-state index contributed by atoms with van der Waals surface area (Å²) < 4.78 is 0. The standard InChI is InChI=1S/C12H19N3O/c1-9(2)5-4-8-14-12(16)10-6-3-7-11(13)15-10/h3,6-7,9H,4-5,8H2,1-2H3,(H2,13,15)(H,14,16). The van der Waals surface area contributed by atoms with Gasteiger partial charge in [0.05, 0.1) is 0 Å². The predicted octanol–water partition coefficient (Wildman–Crippen LogP) is 1.83. The van der Waals surface area contributed by atoms with Crippen LogP contribution in [0.15, 0.2) is 18.2 Å². The van der Waals surface area contributed by atoms with E-state index in [9.17, 15) is 4.79 Å². The molecule has 0 aromatic carbocycles. The number of hydrogen-bond acceptors (Lipinski definition) is 3. The van der Waals surface area contributed by atoms with E-state index in [0.717, 1.165) is 12.8 Å². The van der Waals surface area contributed by atoms with Crippen molar-refractivity contribution in [1.29, 1.82) is 0 Å². The van der Waals surface area contributed by atoms with E-state index in [1.165, 1.54) is 0 Å². The van der Waals surface area contributed by atoms with Crippen LogP contribution in [-0.4, -0.2) is 17.4 Å².